The molecule has 1 fully saturated rings. The van der Waals surface area contributed by atoms with Crippen molar-refractivity contribution < 1.29 is 14.5 Å². The Morgan fingerprint density at radius 2 is 1.83 bits per heavy atom. The minimum absolute atomic E-state index is 0.0500. The second kappa shape index (κ2) is 8.83. The molecule has 4 rings (SSSR count). The van der Waals surface area contributed by atoms with Crippen LogP contribution in [0.5, 0.6) is 0 Å². The first-order chi connectivity index (χ1) is 14.5. The van der Waals surface area contributed by atoms with Gasteiger partial charge >= 0.3 is 0 Å². The second-order valence-electron chi connectivity index (χ2n) is 7.99. The Morgan fingerprint density at radius 3 is 2.57 bits per heavy atom. The summed E-state index contributed by atoms with van der Waals surface area (Å²) in [7, 11) is 0. The maximum Gasteiger partial charge on any atom is 0.293 e. The lowest BCUT2D eigenvalue weighted by Gasteiger charge is -2.28. The first-order valence-electron chi connectivity index (χ1n) is 10.6. The van der Waals surface area contributed by atoms with Gasteiger partial charge in [0.25, 0.3) is 11.6 Å². The number of nitrogens with one attached hydrogen (secondary N) is 1. The lowest BCUT2D eigenvalue weighted by molar-refractivity contribution is -0.384. The zero-order chi connectivity index (χ0) is 21.1. The lowest BCUT2D eigenvalue weighted by atomic mass is 9.89. The SMILES string of the molecule is CC(NC(=O)c1ccc(N2CCOCC2)c([N+](=O)[O-])c1)c1ccc2c(c1)CCCC2. The number of amides is 1. The number of nitro benzene ring substituents is 1. The van der Waals surface area contributed by atoms with Crippen LogP contribution < -0.4 is 10.2 Å². The molecule has 1 aliphatic carbocycles. The van der Waals surface area contributed by atoms with Crippen LogP contribution in [0.2, 0.25) is 0 Å². The number of benzene rings is 2. The maximum absolute atomic E-state index is 12.8. The largest absolute Gasteiger partial charge is 0.378 e. The van der Waals surface area contributed by atoms with Crippen molar-refractivity contribution in [2.24, 2.45) is 0 Å². The highest BCUT2D eigenvalue weighted by Gasteiger charge is 2.24. The standard InChI is InChI=1S/C23H27N3O4/c1-16(18-7-6-17-4-2-3-5-19(17)14-18)24-23(27)20-8-9-21(22(15-20)26(28)29)25-10-12-30-13-11-25/h6-9,14-16H,2-5,10-13H2,1H3,(H,24,27). The Balaban J connectivity index is 1.51. The van der Waals surface area contributed by atoms with Crippen molar-refractivity contribution in [2.75, 3.05) is 31.2 Å². The first kappa shape index (κ1) is 20.3. The predicted molar refractivity (Wildman–Crippen MR) is 115 cm³/mol. The van der Waals surface area contributed by atoms with E-state index in [1.807, 2.05) is 11.8 Å². The number of hydrogen-bond acceptors (Lipinski definition) is 5. The average molecular weight is 409 g/mol. The molecule has 2 aromatic rings. The van der Waals surface area contributed by atoms with Crippen LogP contribution >= 0.6 is 0 Å². The number of carbonyl (C=O) groups excluding carboxylic acids is 1. The summed E-state index contributed by atoms with van der Waals surface area (Å²) in [6.07, 6.45) is 4.64. The van der Waals surface area contributed by atoms with Crippen LogP contribution in [-0.4, -0.2) is 37.1 Å². The Kier molecular flexibility index (Phi) is 5.99. The van der Waals surface area contributed by atoms with Crippen molar-refractivity contribution in [1.82, 2.24) is 5.32 Å². The topological polar surface area (TPSA) is 84.7 Å². The fourth-order valence-corrected chi connectivity index (χ4v) is 4.27. The molecule has 1 atom stereocenters. The Hall–Kier alpha value is -2.93. The average Bonchev–Trinajstić information content (AvgIpc) is 2.78. The van der Waals surface area contributed by atoms with E-state index in [9.17, 15) is 14.9 Å². The molecule has 0 saturated carbocycles. The number of rotatable bonds is 5. The van der Waals surface area contributed by atoms with Crippen molar-refractivity contribution in [3.05, 3.63) is 68.8 Å². The fraction of sp³-hybridized carbons (Fsp3) is 0.435. The molecule has 0 spiro atoms. The Morgan fingerprint density at radius 1 is 1.10 bits per heavy atom. The smallest absolute Gasteiger partial charge is 0.293 e. The van der Waals surface area contributed by atoms with E-state index < -0.39 is 4.92 Å². The molecule has 0 aromatic heterocycles. The summed E-state index contributed by atoms with van der Waals surface area (Å²) in [5, 5.41) is 14.6. The highest BCUT2D eigenvalue weighted by atomic mass is 16.6. The van der Waals surface area contributed by atoms with Gasteiger partial charge in [-0.1, -0.05) is 18.2 Å². The van der Waals surface area contributed by atoms with Gasteiger partial charge in [-0.05, 0) is 61.4 Å². The third-order valence-electron chi connectivity index (χ3n) is 6.01. The zero-order valence-corrected chi connectivity index (χ0v) is 17.2. The molecule has 1 unspecified atom stereocenters. The van der Waals surface area contributed by atoms with Crippen LogP contribution in [0.1, 0.15) is 52.9 Å². The van der Waals surface area contributed by atoms with Gasteiger partial charge < -0.3 is 15.0 Å². The van der Waals surface area contributed by atoms with E-state index in [0.717, 1.165) is 18.4 Å². The number of hydrogen-bond donors (Lipinski definition) is 1. The minimum Gasteiger partial charge on any atom is -0.378 e. The number of anilines is 1. The number of aryl methyl sites for hydroxylation is 2. The number of ether oxygens (including phenoxy) is 1. The van der Waals surface area contributed by atoms with E-state index in [1.54, 1.807) is 12.1 Å². The number of carbonyl (C=O) groups is 1. The molecule has 30 heavy (non-hydrogen) atoms. The van der Waals surface area contributed by atoms with E-state index in [2.05, 4.69) is 23.5 Å². The van der Waals surface area contributed by atoms with Gasteiger partial charge in [-0.3, -0.25) is 14.9 Å². The molecule has 1 saturated heterocycles. The molecular weight excluding hydrogens is 382 g/mol. The highest BCUT2D eigenvalue weighted by molar-refractivity contribution is 5.96. The molecule has 0 bridgehead atoms. The van der Waals surface area contributed by atoms with Crippen LogP contribution in [0.25, 0.3) is 0 Å². The number of morpholine rings is 1. The number of fused-ring (bicyclic) bond motifs is 1. The van der Waals surface area contributed by atoms with Crippen molar-refractivity contribution >= 4 is 17.3 Å². The lowest BCUT2D eigenvalue weighted by Crippen LogP contribution is -2.36. The Bertz CT molecular complexity index is 953. The van der Waals surface area contributed by atoms with Gasteiger partial charge in [0.05, 0.1) is 24.2 Å². The van der Waals surface area contributed by atoms with E-state index >= 15 is 0 Å². The Labute approximate surface area is 176 Å². The molecular formula is C23H27N3O4. The normalized spacial score (nSPS) is 17.2. The summed E-state index contributed by atoms with van der Waals surface area (Å²) in [4.78, 5) is 26.0. The first-order valence-corrected chi connectivity index (χ1v) is 10.6. The van der Waals surface area contributed by atoms with Gasteiger partial charge in [-0.15, -0.1) is 0 Å². The van der Waals surface area contributed by atoms with Gasteiger partial charge in [0.2, 0.25) is 0 Å². The molecule has 2 aromatic carbocycles. The van der Waals surface area contributed by atoms with E-state index in [4.69, 9.17) is 4.74 Å². The molecule has 158 valence electrons. The van der Waals surface area contributed by atoms with Crippen LogP contribution in [0.15, 0.2) is 36.4 Å². The van der Waals surface area contributed by atoms with Crippen LogP contribution in [0.4, 0.5) is 11.4 Å². The quantitative estimate of drug-likeness (QED) is 0.600. The third kappa shape index (κ3) is 4.31. The van der Waals surface area contributed by atoms with Gasteiger partial charge in [0, 0.05) is 24.7 Å². The summed E-state index contributed by atoms with van der Waals surface area (Å²) in [6.45, 7) is 4.22. The fourth-order valence-electron chi connectivity index (χ4n) is 4.27. The number of nitro groups is 1. The monoisotopic (exact) mass is 409 g/mol. The van der Waals surface area contributed by atoms with Crippen LogP contribution in [-0.2, 0) is 17.6 Å². The van der Waals surface area contributed by atoms with E-state index in [0.29, 0.717) is 37.6 Å². The van der Waals surface area contributed by atoms with Gasteiger partial charge in [-0.25, -0.2) is 0 Å². The maximum atomic E-state index is 12.8. The second-order valence-corrected chi connectivity index (χ2v) is 7.99. The van der Waals surface area contributed by atoms with Gasteiger partial charge in [0.1, 0.15) is 5.69 Å². The molecule has 7 nitrogen and oxygen atoms in total. The summed E-state index contributed by atoms with van der Waals surface area (Å²) < 4.78 is 5.33. The molecule has 7 heteroatoms. The van der Waals surface area contributed by atoms with Gasteiger partial charge in [-0.2, -0.15) is 0 Å². The van der Waals surface area contributed by atoms with Crippen molar-refractivity contribution in [2.45, 2.75) is 38.6 Å². The van der Waals surface area contributed by atoms with E-state index in [1.165, 1.54) is 30.0 Å². The molecule has 0 radical (unpaired) electrons. The van der Waals surface area contributed by atoms with Crippen LogP contribution in [0, 0.1) is 10.1 Å². The summed E-state index contributed by atoms with van der Waals surface area (Å²) in [5.74, 6) is -0.308. The molecule has 1 N–H and O–H groups in total. The zero-order valence-electron chi connectivity index (χ0n) is 17.2. The molecule has 1 aliphatic heterocycles. The van der Waals surface area contributed by atoms with Crippen molar-refractivity contribution in [3.63, 3.8) is 0 Å². The summed E-state index contributed by atoms with van der Waals surface area (Å²) >= 11 is 0. The van der Waals surface area contributed by atoms with Crippen molar-refractivity contribution in [3.8, 4) is 0 Å². The van der Waals surface area contributed by atoms with Gasteiger partial charge in [0.15, 0.2) is 0 Å². The summed E-state index contributed by atoms with van der Waals surface area (Å²) in [6, 6.07) is 10.9. The predicted octanol–water partition coefficient (Wildman–Crippen LogP) is 3.80. The minimum atomic E-state index is -0.422. The summed E-state index contributed by atoms with van der Waals surface area (Å²) in [5.41, 5.74) is 4.60. The molecule has 1 amide bonds. The molecule has 1 heterocycles. The molecule has 2 aliphatic rings. The highest BCUT2D eigenvalue weighted by Crippen LogP contribution is 2.30. The van der Waals surface area contributed by atoms with Crippen LogP contribution in [0.3, 0.4) is 0 Å². The third-order valence-corrected chi connectivity index (χ3v) is 6.01. The van der Waals surface area contributed by atoms with Crippen molar-refractivity contribution in [1.29, 1.82) is 0 Å². The van der Waals surface area contributed by atoms with E-state index in [-0.39, 0.29) is 17.6 Å². The number of nitrogens with zero attached hydrogens (tertiary/aromatic N) is 2.